The number of halogens is 2. The molecule has 0 radical (unpaired) electrons. The molecule has 0 unspecified atom stereocenters. The quantitative estimate of drug-likeness (QED) is 0.485. The van der Waals surface area contributed by atoms with Gasteiger partial charge in [0.15, 0.2) is 0 Å². The number of aromatic nitrogens is 1. The molecule has 0 saturated heterocycles. The van der Waals surface area contributed by atoms with Crippen LogP contribution >= 0.6 is 54.5 Å². The van der Waals surface area contributed by atoms with Crippen molar-refractivity contribution in [1.82, 2.24) is 4.57 Å². The van der Waals surface area contributed by atoms with E-state index in [1.807, 2.05) is 35.8 Å². The van der Waals surface area contributed by atoms with E-state index in [0.717, 1.165) is 29.4 Å². The molecule has 4 nitrogen and oxygen atoms in total. The van der Waals surface area contributed by atoms with Crippen LogP contribution in [0.25, 0.3) is 10.6 Å². The summed E-state index contributed by atoms with van der Waals surface area (Å²) in [5, 5.41) is 10.9. The van der Waals surface area contributed by atoms with Gasteiger partial charge in [-0.15, -0.1) is 22.7 Å². The molecule has 0 aromatic carbocycles. The Balaban J connectivity index is 1.98. The van der Waals surface area contributed by atoms with Gasteiger partial charge in [-0.3, -0.25) is 4.79 Å². The molecular weight excluding hydrogens is 488 g/mol. The summed E-state index contributed by atoms with van der Waals surface area (Å²) >= 11 is 9.96. The maximum atomic E-state index is 12.7. The Kier molecular flexibility index (Phi) is 4.47. The number of fused-ring (bicyclic) bond motifs is 1. The fourth-order valence-electron chi connectivity index (χ4n) is 3.01. The van der Waals surface area contributed by atoms with Gasteiger partial charge in [-0.05, 0) is 62.5 Å². The van der Waals surface area contributed by atoms with E-state index < -0.39 is 0 Å². The Hall–Kier alpha value is -1.22. The molecule has 0 saturated carbocycles. The van der Waals surface area contributed by atoms with Gasteiger partial charge in [0.05, 0.1) is 39.9 Å². The minimum Gasteiger partial charge on any atom is -0.494 e. The number of amides is 1. The minimum atomic E-state index is -0.292. The van der Waals surface area contributed by atoms with Crippen LogP contribution < -0.4 is 0 Å². The van der Waals surface area contributed by atoms with Crippen molar-refractivity contribution in [2.75, 3.05) is 0 Å². The topological polar surface area (TPSA) is 54.6 Å². The SMILES string of the molecule is CCCn1c(O)c2c(c1-c1ccc(Br)s1)C(=O)N=C2c1ccc(Br)s1. The number of nitrogens with zero attached hydrogens (tertiary/aromatic N) is 2. The Morgan fingerprint density at radius 2 is 1.72 bits per heavy atom. The number of carbonyl (C=O) groups excluding carboxylic acids is 1. The zero-order valence-electron chi connectivity index (χ0n) is 13.0. The molecule has 0 aliphatic carbocycles. The number of hydrogen-bond acceptors (Lipinski definition) is 4. The van der Waals surface area contributed by atoms with E-state index in [0.29, 0.717) is 23.4 Å². The van der Waals surface area contributed by atoms with Crippen molar-refractivity contribution in [3.63, 3.8) is 0 Å². The smallest absolute Gasteiger partial charge is 0.280 e. The summed E-state index contributed by atoms with van der Waals surface area (Å²) in [7, 11) is 0. The molecule has 128 valence electrons. The second kappa shape index (κ2) is 6.50. The molecule has 0 spiro atoms. The summed E-state index contributed by atoms with van der Waals surface area (Å²) in [4.78, 5) is 18.7. The Labute approximate surface area is 169 Å². The van der Waals surface area contributed by atoms with Gasteiger partial charge in [0, 0.05) is 6.54 Å². The number of aliphatic imine (C=N–C) groups is 1. The highest BCUT2D eigenvalue weighted by Gasteiger charge is 2.36. The van der Waals surface area contributed by atoms with Crippen LogP contribution in [0.4, 0.5) is 0 Å². The van der Waals surface area contributed by atoms with Crippen LogP contribution in [0.5, 0.6) is 5.88 Å². The zero-order valence-corrected chi connectivity index (χ0v) is 17.9. The predicted molar refractivity (Wildman–Crippen MR) is 109 cm³/mol. The summed E-state index contributed by atoms with van der Waals surface area (Å²) in [6.07, 6.45) is 0.853. The summed E-state index contributed by atoms with van der Waals surface area (Å²) < 4.78 is 3.77. The highest BCUT2D eigenvalue weighted by atomic mass is 79.9. The molecule has 1 amide bonds. The number of thiophene rings is 2. The first kappa shape index (κ1) is 17.2. The highest BCUT2D eigenvalue weighted by molar-refractivity contribution is 9.11. The molecular formula is C17H12Br2N2O2S2. The third-order valence-corrected chi connectivity index (χ3v) is 7.22. The van der Waals surface area contributed by atoms with Crippen molar-refractivity contribution in [2.45, 2.75) is 19.9 Å². The van der Waals surface area contributed by atoms with Crippen LogP contribution in [0.1, 0.15) is 34.1 Å². The summed E-state index contributed by atoms with van der Waals surface area (Å²) in [5.74, 6) is -0.176. The zero-order chi connectivity index (χ0) is 17.7. The van der Waals surface area contributed by atoms with Crippen molar-refractivity contribution < 1.29 is 9.90 Å². The Morgan fingerprint density at radius 3 is 2.28 bits per heavy atom. The van der Waals surface area contributed by atoms with E-state index in [-0.39, 0.29) is 11.8 Å². The van der Waals surface area contributed by atoms with E-state index in [2.05, 4.69) is 36.9 Å². The van der Waals surface area contributed by atoms with Crippen LogP contribution in [0.2, 0.25) is 0 Å². The van der Waals surface area contributed by atoms with Gasteiger partial charge >= 0.3 is 0 Å². The molecule has 8 heteroatoms. The maximum absolute atomic E-state index is 12.7. The first-order valence-corrected chi connectivity index (χ1v) is 10.8. The van der Waals surface area contributed by atoms with E-state index in [1.54, 1.807) is 11.3 Å². The predicted octanol–water partition coefficient (Wildman–Crippen LogP) is 5.91. The lowest BCUT2D eigenvalue weighted by Gasteiger charge is -2.09. The van der Waals surface area contributed by atoms with Crippen LogP contribution in [0.15, 0.2) is 36.8 Å². The molecule has 1 N–H and O–H groups in total. The second-order valence-corrected chi connectivity index (χ2v) is 10.5. The van der Waals surface area contributed by atoms with Gasteiger partial charge in [-0.2, -0.15) is 0 Å². The maximum Gasteiger partial charge on any atom is 0.280 e. The Bertz CT molecular complexity index is 1030. The van der Waals surface area contributed by atoms with Crippen molar-refractivity contribution in [2.24, 2.45) is 4.99 Å². The van der Waals surface area contributed by atoms with Crippen LogP contribution in [0.3, 0.4) is 0 Å². The van der Waals surface area contributed by atoms with E-state index in [4.69, 9.17) is 0 Å². The second-order valence-electron chi connectivity index (χ2n) is 5.55. The highest BCUT2D eigenvalue weighted by Crippen LogP contribution is 2.44. The number of rotatable bonds is 4. The van der Waals surface area contributed by atoms with Crippen molar-refractivity contribution >= 4 is 66.2 Å². The van der Waals surface area contributed by atoms with Crippen LogP contribution in [-0.2, 0) is 6.54 Å². The van der Waals surface area contributed by atoms with Gasteiger partial charge < -0.3 is 9.67 Å². The number of carbonyl (C=O) groups is 1. The average Bonchev–Trinajstić information content (AvgIpc) is 3.30. The van der Waals surface area contributed by atoms with Crippen molar-refractivity contribution in [1.29, 1.82) is 0 Å². The lowest BCUT2D eigenvalue weighted by molar-refractivity contribution is 0.101. The van der Waals surface area contributed by atoms with E-state index in [9.17, 15) is 9.90 Å². The molecule has 0 bridgehead atoms. The number of hydrogen-bond donors (Lipinski definition) is 1. The van der Waals surface area contributed by atoms with Crippen LogP contribution in [0, 0.1) is 0 Å². The van der Waals surface area contributed by atoms with Gasteiger partial charge in [-0.25, -0.2) is 4.99 Å². The average molecular weight is 500 g/mol. The van der Waals surface area contributed by atoms with Gasteiger partial charge in [0.1, 0.15) is 0 Å². The van der Waals surface area contributed by atoms with Crippen molar-refractivity contribution in [3.05, 3.63) is 47.8 Å². The minimum absolute atomic E-state index is 0.116. The largest absolute Gasteiger partial charge is 0.494 e. The molecule has 0 atom stereocenters. The van der Waals surface area contributed by atoms with Crippen LogP contribution in [-0.4, -0.2) is 21.3 Å². The summed E-state index contributed by atoms with van der Waals surface area (Å²) in [5.41, 5.74) is 2.36. The lowest BCUT2D eigenvalue weighted by Crippen LogP contribution is -2.02. The van der Waals surface area contributed by atoms with Crippen molar-refractivity contribution in [3.8, 4) is 16.5 Å². The molecule has 3 aromatic heterocycles. The normalized spacial score (nSPS) is 13.4. The number of aromatic hydroxyl groups is 1. The third kappa shape index (κ3) is 2.75. The fourth-order valence-corrected chi connectivity index (χ4v) is 5.84. The Morgan fingerprint density at radius 1 is 1.08 bits per heavy atom. The first-order chi connectivity index (χ1) is 12.0. The summed E-state index contributed by atoms with van der Waals surface area (Å²) in [6.45, 7) is 2.68. The third-order valence-electron chi connectivity index (χ3n) is 3.96. The van der Waals surface area contributed by atoms with E-state index >= 15 is 0 Å². The monoisotopic (exact) mass is 498 g/mol. The first-order valence-electron chi connectivity index (χ1n) is 7.61. The van der Waals surface area contributed by atoms with E-state index in [1.165, 1.54) is 11.3 Å². The molecule has 4 heterocycles. The molecule has 0 fully saturated rings. The van der Waals surface area contributed by atoms with Gasteiger partial charge in [0.25, 0.3) is 5.91 Å². The summed E-state index contributed by atoms with van der Waals surface area (Å²) in [6, 6.07) is 7.74. The molecule has 4 rings (SSSR count). The molecule has 25 heavy (non-hydrogen) atoms. The standard InChI is InChI=1S/C17H12Br2N2O2S2/c1-2-7-21-15(9-4-6-11(19)25-9)13-12(17(21)23)14(20-16(13)22)8-3-5-10(18)24-8/h3-6,23H,2,7H2,1H3. The fraction of sp³-hybridized carbons (Fsp3) is 0.176. The lowest BCUT2D eigenvalue weighted by atomic mass is 10.1. The molecule has 3 aromatic rings. The molecule has 1 aliphatic rings. The van der Waals surface area contributed by atoms with Gasteiger partial charge in [0.2, 0.25) is 5.88 Å². The molecule has 1 aliphatic heterocycles. The van der Waals surface area contributed by atoms with Gasteiger partial charge in [-0.1, -0.05) is 6.92 Å².